The Hall–Kier alpha value is -1.17. The third-order valence-corrected chi connectivity index (χ3v) is 3.68. The zero-order valence-corrected chi connectivity index (χ0v) is 11.0. The number of rotatable bonds is 5. The van der Waals surface area contributed by atoms with Gasteiger partial charge in [0.1, 0.15) is 0 Å². The van der Waals surface area contributed by atoms with Crippen LogP contribution in [0, 0.1) is 6.92 Å². The number of aromatic nitrogens is 2. The van der Waals surface area contributed by atoms with Crippen molar-refractivity contribution in [3.63, 3.8) is 0 Å². The third kappa shape index (κ3) is 2.74. The maximum absolute atomic E-state index is 5.67. The summed E-state index contributed by atoms with van der Waals surface area (Å²) in [6, 6.07) is 6.42. The van der Waals surface area contributed by atoms with Crippen molar-refractivity contribution in [1.82, 2.24) is 15.2 Å². The van der Waals surface area contributed by atoms with Gasteiger partial charge in [-0.2, -0.15) is 5.10 Å². The highest BCUT2D eigenvalue weighted by atomic mass is 32.1. The van der Waals surface area contributed by atoms with E-state index in [1.807, 2.05) is 11.6 Å². The van der Waals surface area contributed by atoms with Crippen LogP contribution in [0.2, 0.25) is 0 Å². The van der Waals surface area contributed by atoms with Gasteiger partial charge in [-0.05, 0) is 31.4 Å². The Kier molecular flexibility index (Phi) is 3.93. The van der Waals surface area contributed by atoms with Gasteiger partial charge in [0.05, 0.1) is 17.4 Å². The van der Waals surface area contributed by atoms with Crippen LogP contribution >= 0.6 is 11.3 Å². The van der Waals surface area contributed by atoms with E-state index in [0.29, 0.717) is 0 Å². The summed E-state index contributed by atoms with van der Waals surface area (Å²) in [6.45, 7) is 4.97. The van der Waals surface area contributed by atoms with Crippen LogP contribution in [0.1, 0.15) is 29.2 Å². The molecule has 5 heteroatoms. The second kappa shape index (κ2) is 5.44. The summed E-state index contributed by atoms with van der Waals surface area (Å²) in [5.74, 6) is 5.67. The Morgan fingerprint density at radius 2 is 2.41 bits per heavy atom. The molecule has 2 heterocycles. The highest BCUT2D eigenvalue weighted by Gasteiger charge is 2.16. The van der Waals surface area contributed by atoms with Gasteiger partial charge in [-0.3, -0.25) is 16.0 Å². The van der Waals surface area contributed by atoms with Gasteiger partial charge in [-0.15, -0.1) is 11.3 Å². The quantitative estimate of drug-likeness (QED) is 0.630. The van der Waals surface area contributed by atoms with Crippen LogP contribution in [0.3, 0.4) is 0 Å². The highest BCUT2D eigenvalue weighted by molar-refractivity contribution is 7.09. The molecule has 0 aliphatic rings. The van der Waals surface area contributed by atoms with Crippen LogP contribution in [0.15, 0.2) is 23.6 Å². The lowest BCUT2D eigenvalue weighted by atomic mass is 10.1. The van der Waals surface area contributed by atoms with Gasteiger partial charge in [0.2, 0.25) is 0 Å². The average molecular weight is 250 g/mol. The van der Waals surface area contributed by atoms with E-state index in [-0.39, 0.29) is 6.04 Å². The number of hydrazine groups is 1. The molecular weight excluding hydrogens is 232 g/mol. The second-order valence-electron chi connectivity index (χ2n) is 4.03. The molecule has 0 amide bonds. The molecule has 0 saturated heterocycles. The van der Waals surface area contributed by atoms with Crippen LogP contribution in [0.4, 0.5) is 0 Å². The Morgan fingerprint density at radius 1 is 1.59 bits per heavy atom. The molecule has 3 N–H and O–H groups in total. The Labute approximate surface area is 105 Å². The van der Waals surface area contributed by atoms with Crippen LogP contribution in [0.5, 0.6) is 0 Å². The van der Waals surface area contributed by atoms with E-state index >= 15 is 0 Å². The first kappa shape index (κ1) is 12.3. The molecule has 0 aliphatic carbocycles. The molecule has 1 unspecified atom stereocenters. The Balaban J connectivity index is 2.22. The molecular formula is C12H18N4S. The van der Waals surface area contributed by atoms with Gasteiger partial charge in [-0.1, -0.05) is 6.07 Å². The summed E-state index contributed by atoms with van der Waals surface area (Å²) < 4.78 is 2.01. The fourth-order valence-electron chi connectivity index (χ4n) is 1.98. The summed E-state index contributed by atoms with van der Waals surface area (Å²) in [6.07, 6.45) is 0.902. The number of thiophene rings is 1. The number of nitrogens with zero attached hydrogens (tertiary/aromatic N) is 2. The van der Waals surface area contributed by atoms with E-state index in [1.165, 1.54) is 4.88 Å². The van der Waals surface area contributed by atoms with E-state index in [0.717, 1.165) is 24.4 Å². The average Bonchev–Trinajstić information content (AvgIpc) is 2.94. The molecule has 1 atom stereocenters. The fraction of sp³-hybridized carbons (Fsp3) is 0.417. The molecule has 92 valence electrons. The monoisotopic (exact) mass is 250 g/mol. The molecule has 4 nitrogen and oxygen atoms in total. The zero-order valence-electron chi connectivity index (χ0n) is 10.2. The summed E-state index contributed by atoms with van der Waals surface area (Å²) in [4.78, 5) is 1.33. The highest BCUT2D eigenvalue weighted by Crippen LogP contribution is 2.21. The Bertz CT molecular complexity index is 461. The summed E-state index contributed by atoms with van der Waals surface area (Å²) in [5, 5.41) is 6.54. The van der Waals surface area contributed by atoms with Crippen molar-refractivity contribution in [2.24, 2.45) is 5.84 Å². The largest absolute Gasteiger partial charge is 0.271 e. The molecule has 2 rings (SSSR count). The maximum atomic E-state index is 5.67. The van der Waals surface area contributed by atoms with Gasteiger partial charge in [-0.25, -0.2) is 0 Å². The molecule has 17 heavy (non-hydrogen) atoms. The molecule has 2 aromatic rings. The number of aryl methyl sites for hydroxylation is 2. The van der Waals surface area contributed by atoms with E-state index < -0.39 is 0 Å². The molecule has 0 aromatic carbocycles. The van der Waals surface area contributed by atoms with Gasteiger partial charge in [0.25, 0.3) is 0 Å². The van der Waals surface area contributed by atoms with Crippen molar-refractivity contribution in [3.8, 4) is 0 Å². The molecule has 0 fully saturated rings. The zero-order chi connectivity index (χ0) is 12.3. The van der Waals surface area contributed by atoms with Crippen LogP contribution < -0.4 is 11.3 Å². The maximum Gasteiger partial charge on any atom is 0.0677 e. The minimum Gasteiger partial charge on any atom is -0.271 e. The van der Waals surface area contributed by atoms with Gasteiger partial charge >= 0.3 is 0 Å². The second-order valence-corrected chi connectivity index (χ2v) is 5.06. The smallest absolute Gasteiger partial charge is 0.0677 e. The van der Waals surface area contributed by atoms with Crippen molar-refractivity contribution in [1.29, 1.82) is 0 Å². The minimum atomic E-state index is 0.120. The molecule has 0 saturated carbocycles. The normalized spacial score (nSPS) is 12.9. The van der Waals surface area contributed by atoms with Crippen molar-refractivity contribution >= 4 is 11.3 Å². The number of hydrogen-bond acceptors (Lipinski definition) is 4. The van der Waals surface area contributed by atoms with Crippen LogP contribution in [-0.4, -0.2) is 9.78 Å². The molecule has 0 aliphatic heterocycles. The number of hydrogen-bond donors (Lipinski definition) is 2. The standard InChI is InChI=1S/C12H18N4S/c1-3-16-12(7-9(2)15-16)11(14-13)8-10-5-4-6-17-10/h4-7,11,14H,3,8,13H2,1-2H3. The lowest BCUT2D eigenvalue weighted by Crippen LogP contribution is -2.31. The van der Waals surface area contributed by atoms with Crippen molar-refractivity contribution < 1.29 is 0 Å². The Morgan fingerprint density at radius 3 is 3.00 bits per heavy atom. The molecule has 0 radical (unpaired) electrons. The first-order valence-corrected chi connectivity index (χ1v) is 6.65. The third-order valence-electron chi connectivity index (χ3n) is 2.78. The predicted molar refractivity (Wildman–Crippen MR) is 70.7 cm³/mol. The van der Waals surface area contributed by atoms with Gasteiger partial charge in [0, 0.05) is 17.8 Å². The predicted octanol–water partition coefficient (Wildman–Crippen LogP) is 2.02. The first-order chi connectivity index (χ1) is 8.24. The summed E-state index contributed by atoms with van der Waals surface area (Å²) in [5.41, 5.74) is 5.08. The lowest BCUT2D eigenvalue weighted by Gasteiger charge is -2.16. The number of nitrogens with one attached hydrogen (secondary N) is 1. The van der Waals surface area contributed by atoms with E-state index in [2.05, 4.69) is 41.0 Å². The number of nitrogens with two attached hydrogens (primary N) is 1. The summed E-state index contributed by atoms with van der Waals surface area (Å²) >= 11 is 1.76. The lowest BCUT2D eigenvalue weighted by molar-refractivity contribution is 0.492. The van der Waals surface area contributed by atoms with Crippen LogP contribution in [0.25, 0.3) is 0 Å². The van der Waals surface area contributed by atoms with Crippen molar-refractivity contribution in [2.75, 3.05) is 0 Å². The van der Waals surface area contributed by atoms with E-state index in [1.54, 1.807) is 11.3 Å². The van der Waals surface area contributed by atoms with Crippen molar-refractivity contribution in [3.05, 3.63) is 39.8 Å². The van der Waals surface area contributed by atoms with E-state index in [4.69, 9.17) is 5.84 Å². The summed E-state index contributed by atoms with van der Waals surface area (Å²) in [7, 11) is 0. The van der Waals surface area contributed by atoms with Crippen molar-refractivity contribution in [2.45, 2.75) is 32.9 Å². The topological polar surface area (TPSA) is 55.9 Å². The molecule has 2 aromatic heterocycles. The molecule has 0 bridgehead atoms. The first-order valence-electron chi connectivity index (χ1n) is 5.77. The van der Waals surface area contributed by atoms with Gasteiger partial charge < -0.3 is 0 Å². The van der Waals surface area contributed by atoms with Crippen LogP contribution in [-0.2, 0) is 13.0 Å². The molecule has 0 spiro atoms. The SMILES string of the molecule is CCn1nc(C)cc1C(Cc1cccs1)NN. The van der Waals surface area contributed by atoms with E-state index in [9.17, 15) is 0 Å². The van der Waals surface area contributed by atoms with Gasteiger partial charge in [0.15, 0.2) is 0 Å². The minimum absolute atomic E-state index is 0.120. The fourth-order valence-corrected chi connectivity index (χ4v) is 2.73.